The molecule has 1 saturated carbocycles. The van der Waals surface area contributed by atoms with E-state index in [1.807, 2.05) is 6.08 Å². The van der Waals surface area contributed by atoms with E-state index in [1.54, 1.807) is 6.92 Å². The molecule has 13 heavy (non-hydrogen) atoms. The van der Waals surface area contributed by atoms with E-state index in [-0.39, 0.29) is 5.97 Å². The minimum absolute atomic E-state index is 0.259. The summed E-state index contributed by atoms with van der Waals surface area (Å²) in [6.07, 6.45) is 3.11. The summed E-state index contributed by atoms with van der Waals surface area (Å²) in [4.78, 5) is 11.2. The zero-order valence-corrected chi connectivity index (χ0v) is 9.85. The highest BCUT2D eigenvalue weighted by molar-refractivity contribution is 9.12. The van der Waals surface area contributed by atoms with Gasteiger partial charge >= 0.3 is 5.97 Å². The summed E-state index contributed by atoms with van der Waals surface area (Å²) < 4.78 is 5.41. The number of halogens is 1. The molecule has 3 heteroatoms. The van der Waals surface area contributed by atoms with Crippen molar-refractivity contribution in [2.24, 2.45) is 11.3 Å². The van der Waals surface area contributed by atoms with Crippen molar-refractivity contribution in [2.45, 2.75) is 27.2 Å². The van der Waals surface area contributed by atoms with Gasteiger partial charge in [0.1, 0.15) is 0 Å². The number of rotatable bonds is 3. The van der Waals surface area contributed by atoms with Gasteiger partial charge in [0.2, 0.25) is 0 Å². The zero-order chi connectivity index (χ0) is 10.1. The monoisotopic (exact) mass is 246 g/mol. The van der Waals surface area contributed by atoms with Crippen molar-refractivity contribution in [3.63, 3.8) is 0 Å². The molecule has 1 fully saturated rings. The predicted molar refractivity (Wildman–Crippen MR) is 55.5 cm³/mol. The lowest BCUT2D eigenvalue weighted by Crippen LogP contribution is -2.03. The number of hydrogen-bond acceptors (Lipinski definition) is 2. The quantitative estimate of drug-likeness (QED) is 0.566. The van der Waals surface area contributed by atoms with E-state index >= 15 is 0 Å². The van der Waals surface area contributed by atoms with Crippen LogP contribution in [0.3, 0.4) is 0 Å². The zero-order valence-electron chi connectivity index (χ0n) is 8.26. The Morgan fingerprint density at radius 3 is 2.62 bits per heavy atom. The molecule has 0 saturated heterocycles. The Kier molecular flexibility index (Phi) is 3.17. The van der Waals surface area contributed by atoms with Gasteiger partial charge in [-0.1, -0.05) is 19.9 Å². The summed E-state index contributed by atoms with van der Waals surface area (Å²) >= 11 is 3.22. The van der Waals surface area contributed by atoms with Crippen LogP contribution in [-0.4, -0.2) is 12.6 Å². The second-order valence-corrected chi connectivity index (χ2v) is 4.89. The standard InChI is InChI=1S/C10H15BrO2/c1-4-13-9(12)8(11)5-7-6-10(7,2)3/h5,7H,4,6H2,1-3H3/b8-5+. The molecular formula is C10H15BrO2. The van der Waals surface area contributed by atoms with Gasteiger partial charge in [0, 0.05) is 0 Å². The molecule has 0 N–H and O–H groups in total. The lowest BCUT2D eigenvalue weighted by molar-refractivity contribution is -0.137. The fourth-order valence-corrected chi connectivity index (χ4v) is 1.67. The van der Waals surface area contributed by atoms with Crippen LogP contribution in [0, 0.1) is 11.3 Å². The van der Waals surface area contributed by atoms with Gasteiger partial charge in [-0.05, 0) is 40.6 Å². The molecule has 0 aromatic rings. The maximum Gasteiger partial charge on any atom is 0.344 e. The Morgan fingerprint density at radius 2 is 2.23 bits per heavy atom. The van der Waals surface area contributed by atoms with Crippen LogP contribution in [0.5, 0.6) is 0 Å². The Morgan fingerprint density at radius 1 is 1.69 bits per heavy atom. The van der Waals surface area contributed by atoms with Crippen molar-refractivity contribution < 1.29 is 9.53 Å². The van der Waals surface area contributed by atoms with Crippen LogP contribution in [0.2, 0.25) is 0 Å². The van der Waals surface area contributed by atoms with Gasteiger partial charge in [-0.15, -0.1) is 0 Å². The predicted octanol–water partition coefficient (Wildman–Crippen LogP) is 2.87. The number of carbonyl (C=O) groups excluding carboxylic acids is 1. The molecule has 0 aliphatic heterocycles. The van der Waals surface area contributed by atoms with E-state index in [1.165, 1.54) is 0 Å². The van der Waals surface area contributed by atoms with Gasteiger partial charge in [0.05, 0.1) is 11.1 Å². The van der Waals surface area contributed by atoms with E-state index in [0.717, 1.165) is 6.42 Å². The molecule has 0 radical (unpaired) electrons. The molecule has 0 aromatic heterocycles. The third-order valence-corrected chi connectivity index (χ3v) is 3.00. The van der Waals surface area contributed by atoms with E-state index in [4.69, 9.17) is 4.74 Å². The highest BCUT2D eigenvalue weighted by Crippen LogP contribution is 2.53. The average molecular weight is 247 g/mol. The second kappa shape index (κ2) is 3.82. The van der Waals surface area contributed by atoms with Gasteiger partial charge < -0.3 is 4.74 Å². The Hall–Kier alpha value is -0.310. The third kappa shape index (κ3) is 2.83. The molecule has 1 aliphatic carbocycles. The molecule has 74 valence electrons. The van der Waals surface area contributed by atoms with Crippen molar-refractivity contribution in [1.82, 2.24) is 0 Å². The molecule has 1 unspecified atom stereocenters. The summed E-state index contributed by atoms with van der Waals surface area (Å²) in [5.74, 6) is 0.261. The van der Waals surface area contributed by atoms with Crippen LogP contribution >= 0.6 is 15.9 Å². The molecule has 2 nitrogen and oxygen atoms in total. The maximum absolute atomic E-state index is 11.2. The minimum atomic E-state index is -0.259. The second-order valence-electron chi connectivity index (χ2n) is 4.03. The lowest BCUT2D eigenvalue weighted by atomic mass is 10.1. The molecule has 1 atom stereocenters. The van der Waals surface area contributed by atoms with Crippen molar-refractivity contribution in [2.75, 3.05) is 6.61 Å². The number of ether oxygens (including phenoxy) is 1. The maximum atomic E-state index is 11.2. The molecule has 0 heterocycles. The molecule has 0 spiro atoms. The van der Waals surface area contributed by atoms with Gasteiger partial charge in [0.25, 0.3) is 0 Å². The summed E-state index contributed by atoms with van der Waals surface area (Å²) in [6.45, 7) is 6.62. The van der Waals surface area contributed by atoms with Crippen molar-refractivity contribution in [3.05, 3.63) is 10.6 Å². The van der Waals surface area contributed by atoms with E-state index in [2.05, 4.69) is 29.8 Å². The third-order valence-electron chi connectivity index (χ3n) is 2.41. The van der Waals surface area contributed by atoms with Crippen LogP contribution in [0.4, 0.5) is 0 Å². The summed E-state index contributed by atoms with van der Waals surface area (Å²) in [5.41, 5.74) is 0.367. The topological polar surface area (TPSA) is 26.3 Å². The first-order chi connectivity index (χ1) is 5.97. The lowest BCUT2D eigenvalue weighted by Gasteiger charge is -2.01. The molecule has 0 bridgehead atoms. The van der Waals surface area contributed by atoms with Crippen LogP contribution in [-0.2, 0) is 9.53 Å². The molecule has 0 amide bonds. The van der Waals surface area contributed by atoms with Gasteiger partial charge in [-0.2, -0.15) is 0 Å². The first kappa shape index (κ1) is 10.8. The Labute approximate surface area is 87.5 Å². The van der Waals surface area contributed by atoms with Crippen LogP contribution < -0.4 is 0 Å². The number of hydrogen-bond donors (Lipinski definition) is 0. The van der Waals surface area contributed by atoms with Crippen LogP contribution in [0.1, 0.15) is 27.2 Å². The smallest absolute Gasteiger partial charge is 0.344 e. The first-order valence-corrected chi connectivity index (χ1v) is 5.31. The molecular weight excluding hydrogens is 232 g/mol. The summed E-state index contributed by atoms with van der Waals surface area (Å²) in [5, 5.41) is 0. The van der Waals surface area contributed by atoms with Crippen molar-refractivity contribution >= 4 is 21.9 Å². The highest BCUT2D eigenvalue weighted by Gasteiger charge is 2.44. The van der Waals surface area contributed by atoms with Crippen molar-refractivity contribution in [1.29, 1.82) is 0 Å². The molecule has 1 aliphatic rings. The average Bonchev–Trinajstić information content (AvgIpc) is 2.59. The van der Waals surface area contributed by atoms with E-state index < -0.39 is 0 Å². The summed E-state index contributed by atoms with van der Waals surface area (Å²) in [6, 6.07) is 0. The molecule has 0 aromatic carbocycles. The fourth-order valence-electron chi connectivity index (χ4n) is 1.24. The fraction of sp³-hybridized carbons (Fsp3) is 0.700. The normalized spacial score (nSPS) is 25.5. The Bertz CT molecular complexity index is 243. The van der Waals surface area contributed by atoms with E-state index in [9.17, 15) is 4.79 Å². The highest BCUT2D eigenvalue weighted by atomic mass is 79.9. The van der Waals surface area contributed by atoms with Gasteiger partial charge in [0.15, 0.2) is 0 Å². The SMILES string of the molecule is CCOC(=O)/C(Br)=C\C1CC1(C)C. The number of carbonyl (C=O) groups is 1. The first-order valence-electron chi connectivity index (χ1n) is 4.52. The number of esters is 1. The van der Waals surface area contributed by atoms with Crippen LogP contribution in [0.15, 0.2) is 10.6 Å². The summed E-state index contributed by atoms with van der Waals surface area (Å²) in [7, 11) is 0. The number of allylic oxidation sites excluding steroid dienone is 1. The van der Waals surface area contributed by atoms with Gasteiger partial charge in [-0.3, -0.25) is 0 Å². The molecule has 1 rings (SSSR count). The van der Waals surface area contributed by atoms with E-state index in [0.29, 0.717) is 22.4 Å². The van der Waals surface area contributed by atoms with Crippen LogP contribution in [0.25, 0.3) is 0 Å². The largest absolute Gasteiger partial charge is 0.462 e. The van der Waals surface area contributed by atoms with Crippen molar-refractivity contribution in [3.8, 4) is 0 Å². The minimum Gasteiger partial charge on any atom is -0.462 e. The van der Waals surface area contributed by atoms with Gasteiger partial charge in [-0.25, -0.2) is 4.79 Å². The Balaban J connectivity index is 2.48.